The highest BCUT2D eigenvalue weighted by atomic mass is 35.5. The average Bonchev–Trinajstić information content (AvgIpc) is 3.01. The molecule has 0 spiro atoms. The molecule has 152 valence electrons. The van der Waals surface area contributed by atoms with Gasteiger partial charge in [0.15, 0.2) is 6.61 Å². The van der Waals surface area contributed by atoms with Gasteiger partial charge in [-0.3, -0.25) is 9.59 Å². The molecule has 0 aliphatic carbocycles. The van der Waals surface area contributed by atoms with E-state index in [1.807, 2.05) is 31.2 Å². The molecular formula is C21H22ClN3O4. The molecular weight excluding hydrogens is 394 g/mol. The molecule has 3 N–H and O–H groups in total. The monoisotopic (exact) mass is 415 g/mol. The van der Waals surface area contributed by atoms with E-state index in [1.54, 1.807) is 29.2 Å². The van der Waals surface area contributed by atoms with Crippen molar-refractivity contribution >= 4 is 35.2 Å². The van der Waals surface area contributed by atoms with Gasteiger partial charge in [-0.05, 0) is 42.7 Å². The maximum absolute atomic E-state index is 12.6. The first-order valence-electron chi connectivity index (χ1n) is 9.22. The standard InChI is InChI=1S/C21H22ClN3O4/c1-13-10-15-4-2-3-5-18(15)25(13)19(26)12-29-20(27)11-17(24-21(23)28)14-6-8-16(22)9-7-14/h2-9,13,17H,10-12H2,1H3,(H3,23,24,28)/t13-,17+/m0/s1. The van der Waals surface area contributed by atoms with Gasteiger partial charge in [-0.25, -0.2) is 4.79 Å². The number of urea groups is 1. The van der Waals surface area contributed by atoms with Crippen LogP contribution in [0.15, 0.2) is 48.5 Å². The van der Waals surface area contributed by atoms with Crippen molar-refractivity contribution in [3.05, 3.63) is 64.7 Å². The fourth-order valence-corrected chi connectivity index (χ4v) is 3.63. The number of halogens is 1. The Morgan fingerprint density at radius 3 is 2.59 bits per heavy atom. The Labute approximate surface area is 173 Å². The highest BCUT2D eigenvalue weighted by Gasteiger charge is 2.31. The van der Waals surface area contributed by atoms with Gasteiger partial charge < -0.3 is 20.7 Å². The van der Waals surface area contributed by atoms with Gasteiger partial charge in [0.2, 0.25) is 0 Å². The second kappa shape index (κ2) is 8.96. The van der Waals surface area contributed by atoms with E-state index in [9.17, 15) is 14.4 Å². The number of ether oxygens (including phenoxy) is 1. The number of para-hydroxylation sites is 1. The summed E-state index contributed by atoms with van der Waals surface area (Å²) in [6.45, 7) is 1.58. The summed E-state index contributed by atoms with van der Waals surface area (Å²) in [7, 11) is 0. The lowest BCUT2D eigenvalue weighted by Crippen LogP contribution is -2.39. The van der Waals surface area contributed by atoms with Crippen LogP contribution in [0.4, 0.5) is 10.5 Å². The molecule has 0 aromatic heterocycles. The predicted molar refractivity (Wildman–Crippen MR) is 110 cm³/mol. The summed E-state index contributed by atoms with van der Waals surface area (Å²) in [6.07, 6.45) is 0.598. The van der Waals surface area contributed by atoms with Crippen molar-refractivity contribution < 1.29 is 19.1 Å². The zero-order valence-corrected chi connectivity index (χ0v) is 16.7. The van der Waals surface area contributed by atoms with E-state index < -0.39 is 18.0 Å². The molecule has 2 aromatic carbocycles. The first-order valence-corrected chi connectivity index (χ1v) is 9.60. The van der Waals surface area contributed by atoms with Gasteiger partial charge in [-0.2, -0.15) is 0 Å². The highest BCUT2D eigenvalue weighted by molar-refractivity contribution is 6.30. The molecule has 0 fully saturated rings. The lowest BCUT2D eigenvalue weighted by molar-refractivity contribution is -0.148. The number of nitrogens with zero attached hydrogens (tertiary/aromatic N) is 1. The quantitative estimate of drug-likeness (QED) is 0.708. The third kappa shape index (κ3) is 5.06. The van der Waals surface area contributed by atoms with E-state index in [1.165, 1.54) is 0 Å². The smallest absolute Gasteiger partial charge is 0.312 e. The number of hydrogen-bond donors (Lipinski definition) is 2. The van der Waals surface area contributed by atoms with Crippen LogP contribution in [0.25, 0.3) is 0 Å². The molecule has 1 heterocycles. The first kappa shape index (κ1) is 20.7. The molecule has 7 nitrogen and oxygen atoms in total. The van der Waals surface area contributed by atoms with Crippen LogP contribution in [0.5, 0.6) is 0 Å². The van der Waals surface area contributed by atoms with Crippen molar-refractivity contribution in [2.45, 2.75) is 31.8 Å². The highest BCUT2D eigenvalue weighted by Crippen LogP contribution is 2.31. The summed E-state index contributed by atoms with van der Waals surface area (Å²) in [4.78, 5) is 37.9. The van der Waals surface area contributed by atoms with Gasteiger partial charge >= 0.3 is 12.0 Å². The average molecular weight is 416 g/mol. The molecule has 3 amide bonds. The van der Waals surface area contributed by atoms with E-state index in [-0.39, 0.29) is 25.0 Å². The van der Waals surface area contributed by atoms with Crippen LogP contribution in [0.2, 0.25) is 5.02 Å². The summed E-state index contributed by atoms with van der Waals surface area (Å²) < 4.78 is 5.19. The number of hydrogen-bond acceptors (Lipinski definition) is 4. The maximum atomic E-state index is 12.6. The van der Waals surface area contributed by atoms with Crippen LogP contribution in [0.1, 0.15) is 30.5 Å². The zero-order valence-electron chi connectivity index (χ0n) is 15.9. The molecule has 0 bridgehead atoms. The van der Waals surface area contributed by atoms with Gasteiger partial charge in [0.1, 0.15) is 0 Å². The number of fused-ring (bicyclic) bond motifs is 1. The van der Waals surface area contributed by atoms with Crippen LogP contribution in [0, 0.1) is 0 Å². The third-order valence-electron chi connectivity index (χ3n) is 4.79. The molecule has 8 heteroatoms. The number of carbonyl (C=O) groups is 3. The molecule has 1 aliphatic heterocycles. The Balaban J connectivity index is 1.61. The van der Waals surface area contributed by atoms with Crippen molar-refractivity contribution in [3.63, 3.8) is 0 Å². The van der Waals surface area contributed by atoms with Gasteiger partial charge in [0.25, 0.3) is 5.91 Å². The number of primary amides is 1. The molecule has 2 atom stereocenters. The summed E-state index contributed by atoms with van der Waals surface area (Å²) in [5.74, 6) is -0.908. The Kier molecular flexibility index (Phi) is 6.39. The summed E-state index contributed by atoms with van der Waals surface area (Å²) in [5.41, 5.74) is 7.80. The number of anilines is 1. The summed E-state index contributed by atoms with van der Waals surface area (Å²) >= 11 is 5.88. The minimum absolute atomic E-state index is 0.00283. The minimum Gasteiger partial charge on any atom is -0.455 e. The van der Waals surface area contributed by atoms with Crippen molar-refractivity contribution in [3.8, 4) is 0 Å². The van der Waals surface area contributed by atoms with Crippen molar-refractivity contribution in [1.82, 2.24) is 5.32 Å². The van der Waals surface area contributed by atoms with E-state index >= 15 is 0 Å². The van der Waals surface area contributed by atoms with Crippen molar-refractivity contribution in [2.75, 3.05) is 11.5 Å². The van der Waals surface area contributed by atoms with Crippen molar-refractivity contribution in [2.24, 2.45) is 5.73 Å². The van der Waals surface area contributed by atoms with Gasteiger partial charge in [0, 0.05) is 16.8 Å². The number of amides is 3. The maximum Gasteiger partial charge on any atom is 0.312 e. The van der Waals surface area contributed by atoms with Gasteiger partial charge in [-0.15, -0.1) is 0 Å². The van der Waals surface area contributed by atoms with Crippen LogP contribution >= 0.6 is 11.6 Å². The molecule has 1 aliphatic rings. The van der Waals surface area contributed by atoms with Crippen LogP contribution in [0.3, 0.4) is 0 Å². The fraction of sp³-hybridized carbons (Fsp3) is 0.286. The largest absolute Gasteiger partial charge is 0.455 e. The van der Waals surface area contributed by atoms with E-state index in [0.717, 1.165) is 17.7 Å². The normalized spacial score (nSPS) is 16.1. The Bertz CT molecular complexity index is 916. The minimum atomic E-state index is -0.767. The Hall–Kier alpha value is -3.06. The number of benzene rings is 2. The number of nitrogens with one attached hydrogen (secondary N) is 1. The van der Waals surface area contributed by atoms with Gasteiger partial charge in [0.05, 0.1) is 12.5 Å². The lowest BCUT2D eigenvalue weighted by Gasteiger charge is -2.23. The SMILES string of the molecule is C[C@H]1Cc2ccccc2N1C(=O)COC(=O)C[C@@H](NC(N)=O)c1ccc(Cl)cc1. The molecule has 3 rings (SSSR count). The van der Waals surface area contributed by atoms with E-state index in [2.05, 4.69) is 5.32 Å². The van der Waals surface area contributed by atoms with Crippen LogP contribution in [-0.4, -0.2) is 30.6 Å². The second-order valence-electron chi connectivity index (χ2n) is 6.92. The Morgan fingerprint density at radius 1 is 1.21 bits per heavy atom. The number of rotatable bonds is 6. The molecule has 2 aromatic rings. The number of esters is 1. The number of carbonyl (C=O) groups excluding carboxylic acids is 3. The third-order valence-corrected chi connectivity index (χ3v) is 5.04. The van der Waals surface area contributed by atoms with E-state index in [0.29, 0.717) is 10.6 Å². The zero-order chi connectivity index (χ0) is 21.0. The molecule has 0 unspecified atom stereocenters. The van der Waals surface area contributed by atoms with Crippen LogP contribution < -0.4 is 16.0 Å². The summed E-state index contributed by atoms with van der Waals surface area (Å²) in [6, 6.07) is 12.9. The van der Waals surface area contributed by atoms with Crippen LogP contribution in [-0.2, 0) is 20.7 Å². The fourth-order valence-electron chi connectivity index (χ4n) is 3.50. The predicted octanol–water partition coefficient (Wildman–Crippen LogP) is 2.96. The first-order chi connectivity index (χ1) is 13.8. The molecule has 0 saturated heterocycles. The van der Waals surface area contributed by atoms with E-state index in [4.69, 9.17) is 22.1 Å². The van der Waals surface area contributed by atoms with Gasteiger partial charge in [-0.1, -0.05) is 41.9 Å². The Morgan fingerprint density at radius 2 is 1.90 bits per heavy atom. The number of nitrogens with two attached hydrogens (primary N) is 1. The van der Waals surface area contributed by atoms with Crippen molar-refractivity contribution in [1.29, 1.82) is 0 Å². The molecule has 29 heavy (non-hydrogen) atoms. The lowest BCUT2D eigenvalue weighted by atomic mass is 10.0. The molecule has 0 saturated carbocycles. The topological polar surface area (TPSA) is 102 Å². The molecule has 0 radical (unpaired) electrons. The summed E-state index contributed by atoms with van der Waals surface area (Å²) in [5, 5.41) is 3.04. The second-order valence-corrected chi connectivity index (χ2v) is 7.36.